The number of aliphatic hydroxyl groups excluding tert-OH is 1. The molecule has 0 aliphatic carbocycles. The predicted molar refractivity (Wildman–Crippen MR) is 79.7 cm³/mol. The molecule has 1 aliphatic rings. The van der Waals surface area contributed by atoms with Crippen molar-refractivity contribution in [2.45, 2.75) is 44.1 Å². The molecule has 2 heterocycles. The first-order valence-corrected chi connectivity index (χ1v) is 8.16. The molecule has 1 aromatic rings. The van der Waals surface area contributed by atoms with Crippen molar-refractivity contribution in [1.29, 1.82) is 0 Å². The number of rotatable bonds is 7. The first-order valence-electron chi connectivity index (χ1n) is 7.18. The van der Waals surface area contributed by atoms with Crippen LogP contribution in [0.15, 0.2) is 17.6 Å². The highest BCUT2D eigenvalue weighted by Crippen LogP contribution is 2.17. The van der Waals surface area contributed by atoms with Crippen molar-refractivity contribution in [3.63, 3.8) is 0 Å². The monoisotopic (exact) mass is 297 g/mol. The van der Waals surface area contributed by atoms with Crippen LogP contribution < -0.4 is 0 Å². The van der Waals surface area contributed by atoms with Crippen molar-refractivity contribution in [1.82, 2.24) is 14.9 Å². The summed E-state index contributed by atoms with van der Waals surface area (Å²) in [5, 5.41) is 10.7. The molecule has 0 bridgehead atoms. The molecule has 2 rings (SSSR count). The highest BCUT2D eigenvalue weighted by Gasteiger charge is 2.30. The molecule has 0 saturated carbocycles. The molecule has 6 heteroatoms. The smallest absolute Gasteiger partial charge is 0.187 e. The Morgan fingerprint density at radius 3 is 2.65 bits per heavy atom. The van der Waals surface area contributed by atoms with E-state index < -0.39 is 6.10 Å². The summed E-state index contributed by atoms with van der Waals surface area (Å²) in [6.07, 6.45) is 4.50. The van der Waals surface area contributed by atoms with Crippen molar-refractivity contribution in [2.75, 3.05) is 25.5 Å². The average Bonchev–Trinajstić information content (AvgIpc) is 2.90. The second-order valence-electron chi connectivity index (χ2n) is 4.96. The van der Waals surface area contributed by atoms with Gasteiger partial charge in [0.2, 0.25) is 0 Å². The molecule has 0 spiro atoms. The van der Waals surface area contributed by atoms with E-state index in [9.17, 15) is 5.11 Å². The van der Waals surface area contributed by atoms with Crippen LogP contribution in [0.4, 0.5) is 0 Å². The van der Waals surface area contributed by atoms with Gasteiger partial charge in [-0.3, -0.25) is 4.90 Å². The molecule has 20 heavy (non-hydrogen) atoms. The van der Waals surface area contributed by atoms with Crippen LogP contribution in [0, 0.1) is 0 Å². The molecular formula is C14H23N3O2S. The Bertz CT molecular complexity index is 402. The van der Waals surface area contributed by atoms with Gasteiger partial charge in [-0.2, -0.15) is 0 Å². The Morgan fingerprint density at radius 2 is 2.10 bits per heavy atom. The van der Waals surface area contributed by atoms with Gasteiger partial charge in [-0.1, -0.05) is 25.6 Å². The van der Waals surface area contributed by atoms with E-state index in [1.807, 2.05) is 12.4 Å². The number of aromatic nitrogens is 2. The molecular weight excluding hydrogens is 274 g/mol. The van der Waals surface area contributed by atoms with Crippen molar-refractivity contribution >= 4 is 11.8 Å². The van der Waals surface area contributed by atoms with Gasteiger partial charge in [0.15, 0.2) is 5.16 Å². The third kappa shape index (κ3) is 4.15. The summed E-state index contributed by atoms with van der Waals surface area (Å²) in [4.78, 5) is 11.0. The van der Waals surface area contributed by atoms with Crippen molar-refractivity contribution < 1.29 is 9.84 Å². The molecule has 2 atom stereocenters. The van der Waals surface area contributed by atoms with Gasteiger partial charge in [0.1, 0.15) is 0 Å². The quantitative estimate of drug-likeness (QED) is 0.609. The lowest BCUT2D eigenvalue weighted by Crippen LogP contribution is -2.42. The van der Waals surface area contributed by atoms with Crippen molar-refractivity contribution in [3.8, 4) is 0 Å². The minimum absolute atomic E-state index is 0.0779. The van der Waals surface area contributed by atoms with Gasteiger partial charge in [-0.25, -0.2) is 9.97 Å². The second-order valence-corrected chi connectivity index (χ2v) is 6.02. The first-order chi connectivity index (χ1) is 9.74. The third-order valence-corrected chi connectivity index (χ3v) is 4.48. The number of ether oxygens (including phenoxy) is 1. The van der Waals surface area contributed by atoms with Crippen LogP contribution in [0.3, 0.4) is 0 Å². The van der Waals surface area contributed by atoms with Crippen LogP contribution in [0.2, 0.25) is 0 Å². The number of thioether (sulfide) groups is 1. The van der Waals surface area contributed by atoms with E-state index in [2.05, 4.69) is 28.7 Å². The molecule has 1 N–H and O–H groups in total. The molecule has 1 saturated heterocycles. The minimum Gasteiger partial charge on any atom is -0.389 e. The Balaban J connectivity index is 1.93. The maximum absolute atomic E-state index is 9.91. The SMILES string of the molecule is CCCSc1ncc(CN(CC)[C@H]2COC[C@@H]2O)cn1. The molecule has 1 aromatic heterocycles. The maximum Gasteiger partial charge on any atom is 0.187 e. The van der Waals surface area contributed by atoms with E-state index in [4.69, 9.17) is 4.74 Å². The zero-order valence-electron chi connectivity index (χ0n) is 12.2. The third-order valence-electron chi connectivity index (χ3n) is 3.40. The highest BCUT2D eigenvalue weighted by atomic mass is 32.2. The molecule has 0 radical (unpaired) electrons. The Kier molecular flexibility index (Phi) is 6.22. The molecule has 0 unspecified atom stereocenters. The molecule has 0 amide bonds. The summed E-state index contributed by atoms with van der Waals surface area (Å²) in [7, 11) is 0. The van der Waals surface area contributed by atoms with E-state index >= 15 is 0 Å². The van der Waals surface area contributed by atoms with Gasteiger partial charge < -0.3 is 9.84 Å². The number of likely N-dealkylation sites (N-methyl/N-ethyl adjacent to an activating group) is 1. The topological polar surface area (TPSA) is 58.5 Å². The summed E-state index contributed by atoms with van der Waals surface area (Å²) >= 11 is 1.68. The normalized spacial score (nSPS) is 22.6. The fourth-order valence-electron chi connectivity index (χ4n) is 2.27. The Morgan fingerprint density at radius 1 is 1.35 bits per heavy atom. The molecule has 0 aromatic carbocycles. The average molecular weight is 297 g/mol. The van der Waals surface area contributed by atoms with Crippen LogP contribution in [-0.4, -0.2) is 57.6 Å². The van der Waals surface area contributed by atoms with Gasteiger partial charge in [0.05, 0.1) is 25.4 Å². The number of hydrogen-bond acceptors (Lipinski definition) is 6. The summed E-state index contributed by atoms with van der Waals surface area (Å²) < 4.78 is 5.33. The van der Waals surface area contributed by atoms with Crippen LogP contribution in [0.25, 0.3) is 0 Å². The van der Waals surface area contributed by atoms with E-state index in [1.54, 1.807) is 11.8 Å². The van der Waals surface area contributed by atoms with Crippen molar-refractivity contribution in [3.05, 3.63) is 18.0 Å². The lowest BCUT2D eigenvalue weighted by Gasteiger charge is -2.28. The largest absolute Gasteiger partial charge is 0.389 e. The molecule has 1 fully saturated rings. The summed E-state index contributed by atoms with van der Waals surface area (Å²) in [6, 6.07) is 0.0779. The summed E-state index contributed by atoms with van der Waals surface area (Å²) in [5.74, 6) is 1.05. The Labute approximate surface area is 124 Å². The summed E-state index contributed by atoms with van der Waals surface area (Å²) in [5.41, 5.74) is 1.08. The van der Waals surface area contributed by atoms with E-state index in [1.165, 1.54) is 0 Å². The molecule has 5 nitrogen and oxygen atoms in total. The van der Waals surface area contributed by atoms with Crippen LogP contribution in [-0.2, 0) is 11.3 Å². The zero-order chi connectivity index (χ0) is 14.4. The zero-order valence-corrected chi connectivity index (χ0v) is 13.0. The van der Waals surface area contributed by atoms with Gasteiger partial charge in [-0.15, -0.1) is 0 Å². The van der Waals surface area contributed by atoms with Crippen LogP contribution >= 0.6 is 11.8 Å². The number of aliphatic hydroxyl groups is 1. The minimum atomic E-state index is -0.393. The molecule has 1 aliphatic heterocycles. The number of nitrogens with zero attached hydrogens (tertiary/aromatic N) is 3. The standard InChI is InChI=1S/C14H23N3O2S/c1-3-5-20-14-15-6-11(7-16-14)8-17(4-2)12-9-19-10-13(12)18/h6-7,12-13,18H,3-5,8-10H2,1-2H3/t12-,13-/m0/s1. The second kappa shape index (κ2) is 7.93. The van der Waals surface area contributed by atoms with Gasteiger partial charge in [0.25, 0.3) is 0 Å². The lowest BCUT2D eigenvalue weighted by atomic mass is 10.1. The van der Waals surface area contributed by atoms with Crippen molar-refractivity contribution in [2.24, 2.45) is 0 Å². The summed E-state index contributed by atoms with van der Waals surface area (Å²) in [6.45, 7) is 6.90. The van der Waals surface area contributed by atoms with Gasteiger partial charge >= 0.3 is 0 Å². The van der Waals surface area contributed by atoms with Gasteiger partial charge in [-0.05, 0) is 13.0 Å². The van der Waals surface area contributed by atoms with E-state index in [-0.39, 0.29) is 6.04 Å². The molecule has 112 valence electrons. The van der Waals surface area contributed by atoms with E-state index in [0.717, 1.165) is 36.0 Å². The fourth-order valence-corrected chi connectivity index (χ4v) is 2.91. The lowest BCUT2D eigenvalue weighted by molar-refractivity contribution is 0.0807. The number of hydrogen-bond donors (Lipinski definition) is 1. The first kappa shape index (κ1) is 15.7. The van der Waals surface area contributed by atoms with E-state index in [0.29, 0.717) is 13.2 Å². The predicted octanol–water partition coefficient (Wildman–Crippen LogP) is 1.56. The van der Waals surface area contributed by atoms with Gasteiger partial charge in [0, 0.05) is 30.3 Å². The Hall–Kier alpha value is -0.690. The highest BCUT2D eigenvalue weighted by molar-refractivity contribution is 7.99. The van der Waals surface area contributed by atoms with Crippen LogP contribution in [0.1, 0.15) is 25.8 Å². The fraction of sp³-hybridized carbons (Fsp3) is 0.714. The van der Waals surface area contributed by atoms with Crippen LogP contribution in [0.5, 0.6) is 0 Å². The maximum atomic E-state index is 9.91.